The summed E-state index contributed by atoms with van der Waals surface area (Å²) in [4.78, 5) is 8.99. The molecule has 0 fully saturated rings. The predicted molar refractivity (Wildman–Crippen MR) is 166 cm³/mol. The van der Waals surface area contributed by atoms with E-state index in [1.54, 1.807) is 24.8 Å². The van der Waals surface area contributed by atoms with Crippen LogP contribution >= 0.6 is 0 Å². The minimum Gasteiger partial charge on any atom is -0.459 e. The van der Waals surface area contributed by atoms with Gasteiger partial charge in [-0.2, -0.15) is 5.10 Å². The predicted octanol–water partition coefficient (Wildman–Crippen LogP) is 6.59. The maximum atomic E-state index is 13.7. The number of benzene rings is 3. The minimum absolute atomic E-state index is 0.112. The van der Waals surface area contributed by atoms with Crippen molar-refractivity contribution >= 4 is 44.1 Å². The van der Waals surface area contributed by atoms with Crippen LogP contribution in [-0.2, 0) is 17.3 Å². The summed E-state index contributed by atoms with van der Waals surface area (Å²) in [6.07, 6.45) is 6.03. The third-order valence-electron chi connectivity index (χ3n) is 7.06. The molecule has 214 valence electrons. The number of anilines is 2. The highest BCUT2D eigenvalue weighted by molar-refractivity contribution is 7.84. The average Bonchev–Trinajstić information content (AvgIpc) is 3.63. The first-order valence-corrected chi connectivity index (χ1v) is 15.5. The second-order valence-corrected chi connectivity index (χ2v) is 11.7. The van der Waals surface area contributed by atoms with Gasteiger partial charge in [-0.25, -0.2) is 14.4 Å². The summed E-state index contributed by atoms with van der Waals surface area (Å²) in [7, 11) is -0.960. The van der Waals surface area contributed by atoms with Gasteiger partial charge >= 0.3 is 0 Å². The van der Waals surface area contributed by atoms with Crippen molar-refractivity contribution in [1.29, 1.82) is 0 Å². The molecular formula is C32H31FN6O2S. The van der Waals surface area contributed by atoms with Crippen LogP contribution in [0.15, 0.2) is 89.7 Å². The Balaban J connectivity index is 1.26. The van der Waals surface area contributed by atoms with Crippen LogP contribution < -0.4 is 10.6 Å². The number of nitrogens with one attached hydrogen (secondary N) is 2. The molecule has 0 spiro atoms. The highest BCUT2D eigenvalue weighted by atomic mass is 32.2. The van der Waals surface area contributed by atoms with Crippen molar-refractivity contribution in [2.45, 2.75) is 25.9 Å². The molecular weight excluding hydrogens is 551 g/mol. The second-order valence-electron chi connectivity index (χ2n) is 10.2. The molecule has 0 aliphatic heterocycles. The van der Waals surface area contributed by atoms with Crippen LogP contribution in [0.5, 0.6) is 0 Å². The van der Waals surface area contributed by atoms with Crippen molar-refractivity contribution in [1.82, 2.24) is 25.1 Å². The molecule has 2 N–H and O–H groups in total. The third-order valence-corrected chi connectivity index (χ3v) is 7.86. The number of fused-ring (bicyclic) bond motifs is 2. The van der Waals surface area contributed by atoms with Gasteiger partial charge in [-0.05, 0) is 79.2 Å². The number of hydrogen-bond donors (Lipinski definition) is 2. The number of nitrogens with zero attached hydrogens (tertiary/aromatic N) is 4. The van der Waals surface area contributed by atoms with E-state index in [2.05, 4.69) is 32.6 Å². The van der Waals surface area contributed by atoms with Crippen LogP contribution in [0, 0.1) is 5.82 Å². The number of furan rings is 1. The smallest absolute Gasteiger partial charge is 0.141 e. The third kappa shape index (κ3) is 6.09. The van der Waals surface area contributed by atoms with E-state index in [1.807, 2.05) is 59.3 Å². The Hall–Kier alpha value is -4.41. The van der Waals surface area contributed by atoms with E-state index in [1.165, 1.54) is 12.1 Å². The molecule has 0 aliphatic rings. The zero-order chi connectivity index (χ0) is 29.1. The van der Waals surface area contributed by atoms with Gasteiger partial charge in [0.2, 0.25) is 0 Å². The Morgan fingerprint density at radius 1 is 1.05 bits per heavy atom. The normalized spacial score (nSPS) is 13.0. The summed E-state index contributed by atoms with van der Waals surface area (Å²) < 4.78 is 33.7. The van der Waals surface area contributed by atoms with Gasteiger partial charge in [0.15, 0.2) is 0 Å². The van der Waals surface area contributed by atoms with E-state index in [0.29, 0.717) is 18.1 Å². The molecule has 10 heteroatoms. The van der Waals surface area contributed by atoms with Crippen LogP contribution in [-0.4, -0.2) is 42.5 Å². The maximum Gasteiger partial charge on any atom is 0.141 e. The lowest BCUT2D eigenvalue weighted by Crippen LogP contribution is -2.26. The molecule has 0 amide bonds. The van der Waals surface area contributed by atoms with E-state index < -0.39 is 10.8 Å². The van der Waals surface area contributed by atoms with Crippen molar-refractivity contribution in [3.05, 3.63) is 102 Å². The Bertz CT molecular complexity index is 1880. The first-order valence-electron chi connectivity index (χ1n) is 13.8. The lowest BCUT2D eigenvalue weighted by molar-refractivity contribution is 0.441. The van der Waals surface area contributed by atoms with E-state index in [4.69, 9.17) is 4.42 Å². The summed E-state index contributed by atoms with van der Waals surface area (Å²) >= 11 is 0. The van der Waals surface area contributed by atoms with Gasteiger partial charge < -0.3 is 15.1 Å². The molecule has 0 radical (unpaired) electrons. The van der Waals surface area contributed by atoms with Crippen LogP contribution in [0.25, 0.3) is 33.1 Å². The quantitative estimate of drug-likeness (QED) is 0.178. The maximum absolute atomic E-state index is 13.7. The Morgan fingerprint density at radius 3 is 2.79 bits per heavy atom. The van der Waals surface area contributed by atoms with Gasteiger partial charge in [0.25, 0.3) is 0 Å². The SMILES string of the molecule is CCCNC(CS(C)=O)c1ccc(-c2ccc3ncnc(Nc4ccc5c(cnn5Cc5cccc(F)c5)c4)c3c2)o1. The fourth-order valence-corrected chi connectivity index (χ4v) is 5.79. The molecule has 8 nitrogen and oxygen atoms in total. The minimum atomic E-state index is -0.960. The van der Waals surface area contributed by atoms with E-state index in [0.717, 1.165) is 63.1 Å². The first-order chi connectivity index (χ1) is 20.5. The fraction of sp³-hybridized carbons (Fsp3) is 0.219. The summed E-state index contributed by atoms with van der Waals surface area (Å²) in [5.74, 6) is 2.39. The first kappa shape index (κ1) is 27.7. The lowest BCUT2D eigenvalue weighted by atomic mass is 10.1. The van der Waals surface area contributed by atoms with Crippen molar-refractivity contribution in [3.8, 4) is 11.3 Å². The van der Waals surface area contributed by atoms with Crippen LogP contribution in [0.1, 0.15) is 30.7 Å². The average molecular weight is 583 g/mol. The van der Waals surface area contributed by atoms with Crippen LogP contribution in [0.3, 0.4) is 0 Å². The van der Waals surface area contributed by atoms with Crippen molar-refractivity contribution in [3.63, 3.8) is 0 Å². The summed E-state index contributed by atoms with van der Waals surface area (Å²) in [6, 6.07) is 22.3. The Morgan fingerprint density at radius 2 is 1.95 bits per heavy atom. The Labute approximate surface area is 245 Å². The van der Waals surface area contributed by atoms with Crippen LogP contribution in [0.4, 0.5) is 15.9 Å². The van der Waals surface area contributed by atoms with Gasteiger partial charge in [-0.1, -0.05) is 19.1 Å². The largest absolute Gasteiger partial charge is 0.459 e. The molecule has 0 bridgehead atoms. The van der Waals surface area contributed by atoms with Gasteiger partial charge in [0, 0.05) is 44.8 Å². The monoisotopic (exact) mass is 582 g/mol. The van der Waals surface area contributed by atoms with Crippen molar-refractivity contribution < 1.29 is 13.0 Å². The molecule has 0 saturated carbocycles. The second kappa shape index (κ2) is 12.2. The standard InChI is InChI=1S/C32H31FN6O2S/c1-3-13-34-28(19-42(2)40)31-12-11-30(41-31)22-7-9-27-26(16-22)32(36-20-35-27)38-25-8-10-29-23(15-25)17-37-39(29)18-21-5-4-6-24(33)14-21/h4-12,14-17,20,28,34H,3,13,18-19H2,1-2H3,(H,35,36,38). The summed E-state index contributed by atoms with van der Waals surface area (Å²) in [6.45, 7) is 3.40. The summed E-state index contributed by atoms with van der Waals surface area (Å²) in [5, 5.41) is 13.2. The number of halogens is 1. The Kier molecular flexibility index (Phi) is 8.07. The van der Waals surface area contributed by atoms with Gasteiger partial charge in [0.1, 0.15) is 29.5 Å². The van der Waals surface area contributed by atoms with Gasteiger partial charge in [-0.3, -0.25) is 8.89 Å². The number of hydrogen-bond acceptors (Lipinski definition) is 7. The lowest BCUT2D eigenvalue weighted by Gasteiger charge is -2.14. The highest BCUT2D eigenvalue weighted by Crippen LogP contribution is 2.31. The van der Waals surface area contributed by atoms with Crippen molar-refractivity contribution in [2.75, 3.05) is 23.9 Å². The zero-order valence-corrected chi connectivity index (χ0v) is 24.2. The molecule has 6 aromatic rings. The molecule has 0 aliphatic carbocycles. The molecule has 6 rings (SSSR count). The molecule has 42 heavy (non-hydrogen) atoms. The van der Waals surface area contributed by atoms with Crippen LogP contribution in [0.2, 0.25) is 0 Å². The molecule has 0 saturated heterocycles. The molecule has 3 heterocycles. The molecule has 2 unspecified atom stereocenters. The van der Waals surface area contributed by atoms with Gasteiger partial charge in [0.05, 0.1) is 29.8 Å². The molecule has 2 atom stereocenters. The van der Waals surface area contributed by atoms with Gasteiger partial charge in [-0.15, -0.1) is 0 Å². The van der Waals surface area contributed by atoms with E-state index >= 15 is 0 Å². The fourth-order valence-electron chi connectivity index (χ4n) is 5.04. The number of rotatable bonds is 11. The zero-order valence-electron chi connectivity index (χ0n) is 23.4. The van der Waals surface area contributed by atoms with E-state index in [9.17, 15) is 8.60 Å². The van der Waals surface area contributed by atoms with E-state index in [-0.39, 0.29) is 11.9 Å². The molecule has 3 aromatic carbocycles. The summed E-state index contributed by atoms with van der Waals surface area (Å²) in [5.41, 5.74) is 4.36. The number of aromatic nitrogens is 4. The molecule has 3 aromatic heterocycles. The van der Waals surface area contributed by atoms with Crippen molar-refractivity contribution in [2.24, 2.45) is 0 Å². The topological polar surface area (TPSA) is 97.9 Å². The highest BCUT2D eigenvalue weighted by Gasteiger charge is 2.18.